The number of nitrogens with zero attached hydrogens (tertiary/aromatic N) is 1. The number of H-pyrrole nitrogens is 1. The molecule has 5 heteroatoms. The van der Waals surface area contributed by atoms with Gasteiger partial charge in [-0.3, -0.25) is 9.89 Å². The molecule has 19 heavy (non-hydrogen) atoms. The molecule has 0 aliphatic heterocycles. The van der Waals surface area contributed by atoms with E-state index in [1.54, 1.807) is 6.92 Å². The van der Waals surface area contributed by atoms with Crippen molar-refractivity contribution in [3.63, 3.8) is 0 Å². The number of carbonyl (C=O) groups is 1. The van der Waals surface area contributed by atoms with E-state index in [-0.39, 0.29) is 5.91 Å². The summed E-state index contributed by atoms with van der Waals surface area (Å²) in [5.74, 6) is 0.484. The second-order valence-electron chi connectivity index (χ2n) is 4.21. The quantitative estimate of drug-likeness (QED) is 0.867. The van der Waals surface area contributed by atoms with E-state index < -0.39 is 0 Å². The first-order valence-corrected chi connectivity index (χ1v) is 6.25. The zero-order chi connectivity index (χ0) is 13.7. The standard InChI is InChI=1S/C14H17N3O2/c1-3-8-19-13-7-5-4-6-12(13)16-14(18)11-9-15-17-10(11)2/h4-7,9H,3,8H2,1-2H3,(H,15,17)(H,16,18). The average molecular weight is 259 g/mol. The van der Waals surface area contributed by atoms with E-state index in [9.17, 15) is 4.79 Å². The van der Waals surface area contributed by atoms with Crippen molar-refractivity contribution in [1.82, 2.24) is 10.2 Å². The molecule has 0 bridgehead atoms. The number of rotatable bonds is 5. The Morgan fingerprint density at radius 3 is 2.89 bits per heavy atom. The molecule has 1 aromatic heterocycles. The minimum atomic E-state index is -0.196. The van der Waals surface area contributed by atoms with E-state index in [0.717, 1.165) is 12.1 Å². The van der Waals surface area contributed by atoms with Crippen molar-refractivity contribution in [2.45, 2.75) is 20.3 Å². The van der Waals surface area contributed by atoms with Gasteiger partial charge in [0.1, 0.15) is 5.75 Å². The summed E-state index contributed by atoms with van der Waals surface area (Å²) in [6, 6.07) is 7.40. The lowest BCUT2D eigenvalue weighted by Gasteiger charge is -2.11. The highest BCUT2D eigenvalue weighted by molar-refractivity contribution is 6.05. The molecule has 0 radical (unpaired) electrons. The molecule has 0 atom stereocenters. The largest absolute Gasteiger partial charge is 0.491 e. The molecule has 0 saturated heterocycles. The molecule has 100 valence electrons. The highest BCUT2D eigenvalue weighted by Crippen LogP contribution is 2.24. The number of benzene rings is 1. The van der Waals surface area contributed by atoms with Gasteiger partial charge in [-0.05, 0) is 25.5 Å². The third-order valence-corrected chi connectivity index (χ3v) is 2.67. The van der Waals surface area contributed by atoms with Crippen LogP contribution >= 0.6 is 0 Å². The van der Waals surface area contributed by atoms with Crippen LogP contribution in [-0.4, -0.2) is 22.7 Å². The fourth-order valence-electron chi connectivity index (χ4n) is 1.68. The third-order valence-electron chi connectivity index (χ3n) is 2.67. The lowest BCUT2D eigenvalue weighted by molar-refractivity contribution is 0.102. The van der Waals surface area contributed by atoms with Crippen LogP contribution in [0.2, 0.25) is 0 Å². The number of carbonyl (C=O) groups excluding carboxylic acids is 1. The summed E-state index contributed by atoms with van der Waals surface area (Å²) < 4.78 is 5.60. The van der Waals surface area contributed by atoms with Crippen LogP contribution in [0.1, 0.15) is 29.4 Å². The maximum atomic E-state index is 12.1. The Balaban J connectivity index is 2.15. The molecule has 1 aromatic carbocycles. The van der Waals surface area contributed by atoms with Crippen LogP contribution in [0.15, 0.2) is 30.5 Å². The summed E-state index contributed by atoms with van der Waals surface area (Å²) in [7, 11) is 0. The molecule has 0 saturated carbocycles. The summed E-state index contributed by atoms with van der Waals surface area (Å²) in [6.07, 6.45) is 2.43. The molecule has 0 fully saturated rings. The normalized spacial score (nSPS) is 10.2. The van der Waals surface area contributed by atoms with Crippen LogP contribution < -0.4 is 10.1 Å². The second kappa shape index (κ2) is 6.04. The maximum absolute atomic E-state index is 12.1. The Labute approximate surface area is 112 Å². The number of aryl methyl sites for hydroxylation is 1. The molecular weight excluding hydrogens is 242 g/mol. The van der Waals surface area contributed by atoms with Gasteiger partial charge in [-0.1, -0.05) is 19.1 Å². The van der Waals surface area contributed by atoms with E-state index >= 15 is 0 Å². The Bertz CT molecular complexity index is 563. The lowest BCUT2D eigenvalue weighted by Crippen LogP contribution is -2.13. The molecule has 1 amide bonds. The summed E-state index contributed by atoms with van der Waals surface area (Å²) in [4.78, 5) is 12.1. The third kappa shape index (κ3) is 3.13. The maximum Gasteiger partial charge on any atom is 0.259 e. The molecule has 0 aliphatic carbocycles. The molecule has 0 unspecified atom stereocenters. The van der Waals surface area contributed by atoms with E-state index in [4.69, 9.17) is 4.74 Å². The Morgan fingerprint density at radius 1 is 1.42 bits per heavy atom. The van der Waals surface area contributed by atoms with Crippen molar-refractivity contribution in [3.05, 3.63) is 41.7 Å². The molecule has 2 N–H and O–H groups in total. The smallest absolute Gasteiger partial charge is 0.259 e. The number of hydrogen-bond donors (Lipinski definition) is 2. The van der Waals surface area contributed by atoms with E-state index in [2.05, 4.69) is 15.5 Å². The number of ether oxygens (including phenoxy) is 1. The molecule has 0 aliphatic rings. The zero-order valence-electron chi connectivity index (χ0n) is 11.1. The number of amides is 1. The van der Waals surface area contributed by atoms with Gasteiger partial charge in [-0.25, -0.2) is 0 Å². The van der Waals surface area contributed by atoms with Gasteiger partial charge in [-0.2, -0.15) is 5.10 Å². The minimum absolute atomic E-state index is 0.196. The first-order chi connectivity index (χ1) is 9.22. The van der Waals surface area contributed by atoms with Crippen LogP contribution in [0.3, 0.4) is 0 Å². The van der Waals surface area contributed by atoms with Gasteiger partial charge in [-0.15, -0.1) is 0 Å². The van der Waals surface area contributed by atoms with Gasteiger partial charge in [0, 0.05) is 5.69 Å². The van der Waals surface area contributed by atoms with Gasteiger partial charge < -0.3 is 10.1 Å². The molecule has 1 heterocycles. The van der Waals surface area contributed by atoms with Gasteiger partial charge in [0.15, 0.2) is 0 Å². The summed E-state index contributed by atoms with van der Waals surface area (Å²) >= 11 is 0. The van der Waals surface area contributed by atoms with Crippen molar-refractivity contribution in [1.29, 1.82) is 0 Å². The van der Waals surface area contributed by atoms with Crippen LogP contribution in [0.25, 0.3) is 0 Å². The van der Waals surface area contributed by atoms with Crippen LogP contribution in [0, 0.1) is 6.92 Å². The van der Waals surface area contributed by atoms with Crippen molar-refractivity contribution in [2.75, 3.05) is 11.9 Å². The first kappa shape index (κ1) is 13.1. The number of aromatic nitrogens is 2. The topological polar surface area (TPSA) is 67.0 Å². The molecular formula is C14H17N3O2. The zero-order valence-corrected chi connectivity index (χ0v) is 11.1. The van der Waals surface area contributed by atoms with Crippen LogP contribution in [0.4, 0.5) is 5.69 Å². The van der Waals surface area contributed by atoms with Crippen molar-refractivity contribution in [3.8, 4) is 5.75 Å². The predicted molar refractivity (Wildman–Crippen MR) is 73.5 cm³/mol. The van der Waals surface area contributed by atoms with Crippen molar-refractivity contribution >= 4 is 11.6 Å². The minimum Gasteiger partial charge on any atom is -0.491 e. The Morgan fingerprint density at radius 2 is 2.21 bits per heavy atom. The summed E-state index contributed by atoms with van der Waals surface area (Å²) in [6.45, 7) is 4.47. The monoisotopic (exact) mass is 259 g/mol. The number of hydrogen-bond acceptors (Lipinski definition) is 3. The highest BCUT2D eigenvalue weighted by atomic mass is 16.5. The van der Waals surface area contributed by atoms with Crippen LogP contribution in [0.5, 0.6) is 5.75 Å². The fourth-order valence-corrected chi connectivity index (χ4v) is 1.68. The van der Waals surface area contributed by atoms with E-state index in [1.165, 1.54) is 6.20 Å². The second-order valence-corrected chi connectivity index (χ2v) is 4.21. The van der Waals surface area contributed by atoms with E-state index in [1.807, 2.05) is 31.2 Å². The molecule has 2 rings (SSSR count). The SMILES string of the molecule is CCCOc1ccccc1NC(=O)c1cn[nH]c1C. The fraction of sp³-hybridized carbons (Fsp3) is 0.286. The number of anilines is 1. The van der Waals surface area contributed by atoms with E-state index in [0.29, 0.717) is 23.6 Å². The number of aromatic amines is 1. The van der Waals surface area contributed by atoms with Gasteiger partial charge in [0.25, 0.3) is 5.91 Å². The van der Waals surface area contributed by atoms with Crippen molar-refractivity contribution < 1.29 is 9.53 Å². The first-order valence-electron chi connectivity index (χ1n) is 6.25. The molecule has 2 aromatic rings. The summed E-state index contributed by atoms with van der Waals surface area (Å²) in [5, 5.41) is 9.42. The Hall–Kier alpha value is -2.30. The lowest BCUT2D eigenvalue weighted by atomic mass is 10.2. The van der Waals surface area contributed by atoms with Gasteiger partial charge in [0.2, 0.25) is 0 Å². The predicted octanol–water partition coefficient (Wildman–Crippen LogP) is 2.76. The van der Waals surface area contributed by atoms with Crippen LogP contribution in [-0.2, 0) is 0 Å². The highest BCUT2D eigenvalue weighted by Gasteiger charge is 2.13. The number of nitrogens with one attached hydrogen (secondary N) is 2. The average Bonchev–Trinajstić information content (AvgIpc) is 2.84. The van der Waals surface area contributed by atoms with Gasteiger partial charge >= 0.3 is 0 Å². The number of para-hydroxylation sites is 2. The Kier molecular flexibility index (Phi) is 4.18. The van der Waals surface area contributed by atoms with Gasteiger partial charge in [0.05, 0.1) is 24.1 Å². The van der Waals surface area contributed by atoms with Crippen molar-refractivity contribution in [2.24, 2.45) is 0 Å². The molecule has 0 spiro atoms. The molecule has 5 nitrogen and oxygen atoms in total. The summed E-state index contributed by atoms with van der Waals surface area (Å²) in [5.41, 5.74) is 1.94.